The van der Waals surface area contributed by atoms with Gasteiger partial charge in [-0.3, -0.25) is 9.59 Å². The number of hydrogen-bond acceptors (Lipinski definition) is 4. The van der Waals surface area contributed by atoms with E-state index in [0.717, 1.165) is 18.4 Å². The zero-order chi connectivity index (χ0) is 21.5. The highest BCUT2D eigenvalue weighted by Crippen LogP contribution is 2.26. The fraction of sp³-hybridized carbons (Fsp3) is 0.292. The van der Waals surface area contributed by atoms with E-state index in [9.17, 15) is 14.9 Å². The second-order valence-electron chi connectivity index (χ2n) is 7.39. The summed E-state index contributed by atoms with van der Waals surface area (Å²) < 4.78 is 0. The number of nitriles is 1. The first kappa shape index (κ1) is 21.1. The third-order valence-corrected chi connectivity index (χ3v) is 5.42. The number of nitrogens with one attached hydrogen (secondary N) is 2. The van der Waals surface area contributed by atoms with Crippen LogP contribution in [-0.4, -0.2) is 11.8 Å². The Morgan fingerprint density at radius 2 is 1.90 bits per heavy atom. The molecule has 1 aliphatic rings. The lowest BCUT2D eigenvalue weighted by molar-refractivity contribution is -0.117. The summed E-state index contributed by atoms with van der Waals surface area (Å²) in [4.78, 5) is 24.2. The molecule has 6 heteroatoms. The van der Waals surface area contributed by atoms with E-state index in [2.05, 4.69) is 28.8 Å². The molecule has 30 heavy (non-hydrogen) atoms. The van der Waals surface area contributed by atoms with Crippen molar-refractivity contribution in [2.75, 3.05) is 5.32 Å². The maximum absolute atomic E-state index is 12.7. The van der Waals surface area contributed by atoms with E-state index >= 15 is 0 Å². The van der Waals surface area contributed by atoms with Gasteiger partial charge in [-0.25, -0.2) is 0 Å². The van der Waals surface area contributed by atoms with Crippen LogP contribution in [0.4, 0.5) is 5.69 Å². The molecule has 0 aliphatic heterocycles. The number of rotatable bonds is 7. The summed E-state index contributed by atoms with van der Waals surface area (Å²) in [7, 11) is 0. The van der Waals surface area contributed by atoms with Crippen LogP contribution in [0.15, 0.2) is 54.2 Å². The number of carbonyl (C=O) groups excluding carboxylic acids is 2. The number of carbonyl (C=O) groups is 2. The van der Waals surface area contributed by atoms with Gasteiger partial charge in [-0.15, -0.1) is 0 Å². The first-order chi connectivity index (χ1) is 14.5. The Kier molecular flexibility index (Phi) is 6.87. The topological polar surface area (TPSA) is 108 Å². The number of primary amides is 1. The summed E-state index contributed by atoms with van der Waals surface area (Å²) in [5.74, 6) is -1.06. The van der Waals surface area contributed by atoms with Gasteiger partial charge in [0.2, 0.25) is 0 Å². The monoisotopic (exact) mass is 402 g/mol. The van der Waals surface area contributed by atoms with Crippen molar-refractivity contribution in [2.24, 2.45) is 5.73 Å². The summed E-state index contributed by atoms with van der Waals surface area (Å²) in [6, 6.07) is 14.8. The molecular weight excluding hydrogens is 376 g/mol. The van der Waals surface area contributed by atoms with E-state index in [1.165, 1.54) is 30.2 Å². The van der Waals surface area contributed by atoms with Crippen LogP contribution in [0.1, 0.15) is 59.3 Å². The van der Waals surface area contributed by atoms with Crippen LogP contribution in [0.25, 0.3) is 0 Å². The molecule has 0 saturated carbocycles. The average molecular weight is 402 g/mol. The van der Waals surface area contributed by atoms with Gasteiger partial charge in [0, 0.05) is 6.20 Å². The maximum Gasteiger partial charge on any atom is 0.263 e. The van der Waals surface area contributed by atoms with Gasteiger partial charge in [0.15, 0.2) is 0 Å². The van der Waals surface area contributed by atoms with Gasteiger partial charge in [-0.05, 0) is 60.9 Å². The highest BCUT2D eigenvalue weighted by atomic mass is 16.2. The largest absolute Gasteiger partial charge is 0.366 e. The molecule has 3 rings (SSSR count). The second-order valence-corrected chi connectivity index (χ2v) is 7.39. The van der Waals surface area contributed by atoms with Crippen LogP contribution in [0.5, 0.6) is 0 Å². The van der Waals surface area contributed by atoms with Crippen molar-refractivity contribution >= 4 is 17.5 Å². The Balaban J connectivity index is 1.74. The number of para-hydroxylation sites is 1. The summed E-state index contributed by atoms with van der Waals surface area (Å²) in [6.45, 7) is 2.00. The molecular formula is C24H26N4O2. The minimum absolute atomic E-state index is 0.0781. The Bertz CT molecular complexity index is 1020. The van der Waals surface area contributed by atoms with Crippen LogP contribution >= 0.6 is 0 Å². The first-order valence-corrected chi connectivity index (χ1v) is 10.2. The number of amides is 2. The first-order valence-electron chi connectivity index (χ1n) is 10.2. The quantitative estimate of drug-likeness (QED) is 0.484. The number of fused-ring (bicyclic) bond motifs is 1. The molecule has 0 bridgehead atoms. The molecule has 2 amide bonds. The van der Waals surface area contributed by atoms with Crippen molar-refractivity contribution in [1.82, 2.24) is 5.32 Å². The molecule has 0 radical (unpaired) electrons. The third kappa shape index (κ3) is 4.87. The van der Waals surface area contributed by atoms with E-state index in [0.29, 0.717) is 12.1 Å². The fourth-order valence-electron chi connectivity index (χ4n) is 3.75. The highest BCUT2D eigenvalue weighted by molar-refractivity contribution is 6.00. The zero-order valence-corrected chi connectivity index (χ0v) is 17.1. The van der Waals surface area contributed by atoms with Gasteiger partial charge in [0.05, 0.1) is 17.3 Å². The number of benzene rings is 2. The van der Waals surface area contributed by atoms with E-state index in [1.54, 1.807) is 24.3 Å². The summed E-state index contributed by atoms with van der Waals surface area (Å²) in [5, 5.41) is 15.3. The van der Waals surface area contributed by atoms with Crippen molar-refractivity contribution in [2.45, 2.75) is 45.1 Å². The van der Waals surface area contributed by atoms with E-state index in [-0.39, 0.29) is 17.2 Å². The number of anilines is 1. The molecule has 0 fully saturated rings. The van der Waals surface area contributed by atoms with Crippen LogP contribution in [-0.2, 0) is 17.6 Å². The fourth-order valence-corrected chi connectivity index (χ4v) is 3.75. The maximum atomic E-state index is 12.7. The zero-order valence-electron chi connectivity index (χ0n) is 17.1. The summed E-state index contributed by atoms with van der Waals surface area (Å²) in [6.07, 6.45) is 6.61. The highest BCUT2D eigenvalue weighted by Gasteiger charge is 2.18. The molecule has 1 unspecified atom stereocenters. The minimum atomic E-state index is -0.590. The lowest BCUT2D eigenvalue weighted by Gasteiger charge is -2.21. The number of hydrogen-bond donors (Lipinski definition) is 3. The van der Waals surface area contributed by atoms with Crippen molar-refractivity contribution in [3.8, 4) is 6.07 Å². The van der Waals surface area contributed by atoms with Crippen LogP contribution in [0.2, 0.25) is 0 Å². The van der Waals surface area contributed by atoms with E-state index in [1.807, 2.05) is 13.0 Å². The molecule has 4 N–H and O–H groups in total. The van der Waals surface area contributed by atoms with Crippen LogP contribution in [0, 0.1) is 11.3 Å². The predicted octanol–water partition coefficient (Wildman–Crippen LogP) is 3.75. The van der Waals surface area contributed by atoms with Gasteiger partial charge < -0.3 is 16.4 Å². The van der Waals surface area contributed by atoms with Crippen molar-refractivity contribution in [3.63, 3.8) is 0 Å². The molecule has 1 atom stereocenters. The van der Waals surface area contributed by atoms with Gasteiger partial charge in [-0.1, -0.05) is 37.3 Å². The Hall–Kier alpha value is -3.59. The number of nitrogens with two attached hydrogens (primary N) is 1. The molecule has 0 heterocycles. The normalized spacial score (nSPS) is 14.2. The van der Waals surface area contributed by atoms with Gasteiger partial charge in [-0.2, -0.15) is 5.26 Å². The molecule has 0 saturated heterocycles. The smallest absolute Gasteiger partial charge is 0.263 e. The SMILES string of the molecule is CCC(NC(=O)/C(C#N)=C\Nc1ccccc1C(N)=O)c1ccc2c(c1)CCCC2. The Labute approximate surface area is 176 Å². The summed E-state index contributed by atoms with van der Waals surface area (Å²) >= 11 is 0. The number of aryl methyl sites for hydroxylation is 2. The van der Waals surface area contributed by atoms with Gasteiger partial charge in [0.25, 0.3) is 11.8 Å². The van der Waals surface area contributed by atoms with Crippen LogP contribution in [0.3, 0.4) is 0 Å². The average Bonchev–Trinajstić information content (AvgIpc) is 2.77. The van der Waals surface area contributed by atoms with Gasteiger partial charge in [0.1, 0.15) is 11.6 Å². The van der Waals surface area contributed by atoms with E-state index < -0.39 is 11.8 Å². The Morgan fingerprint density at radius 3 is 2.60 bits per heavy atom. The van der Waals surface area contributed by atoms with Crippen LogP contribution < -0.4 is 16.4 Å². The molecule has 0 spiro atoms. The predicted molar refractivity (Wildman–Crippen MR) is 117 cm³/mol. The molecule has 2 aromatic rings. The number of nitrogens with zero attached hydrogens (tertiary/aromatic N) is 1. The van der Waals surface area contributed by atoms with E-state index in [4.69, 9.17) is 5.73 Å². The molecule has 2 aromatic carbocycles. The Morgan fingerprint density at radius 1 is 1.17 bits per heavy atom. The molecule has 1 aliphatic carbocycles. The lowest BCUT2D eigenvalue weighted by atomic mass is 9.88. The van der Waals surface area contributed by atoms with Crippen molar-refractivity contribution in [3.05, 3.63) is 76.5 Å². The molecule has 6 nitrogen and oxygen atoms in total. The molecule has 154 valence electrons. The van der Waals surface area contributed by atoms with Gasteiger partial charge >= 0.3 is 0 Å². The molecule has 0 aromatic heterocycles. The second kappa shape index (κ2) is 9.75. The van der Waals surface area contributed by atoms with Crippen molar-refractivity contribution in [1.29, 1.82) is 5.26 Å². The standard InChI is InChI=1S/C24H26N4O2/c1-2-21(18-12-11-16-7-3-4-8-17(16)13-18)28-24(30)19(14-25)15-27-22-10-6-5-9-20(22)23(26)29/h5-6,9-13,15,21,27H,2-4,7-8H2,1H3,(H2,26,29)(H,28,30)/b19-15-. The summed E-state index contributed by atoms with van der Waals surface area (Å²) in [5.41, 5.74) is 9.81. The minimum Gasteiger partial charge on any atom is -0.366 e. The van der Waals surface area contributed by atoms with Crippen molar-refractivity contribution < 1.29 is 9.59 Å². The lowest BCUT2D eigenvalue weighted by Crippen LogP contribution is -2.29. The third-order valence-electron chi connectivity index (χ3n) is 5.42.